The van der Waals surface area contributed by atoms with Gasteiger partial charge in [-0.05, 0) is 37.2 Å². The Labute approximate surface area is 149 Å². The predicted octanol–water partition coefficient (Wildman–Crippen LogP) is 1.06. The fourth-order valence-electron chi connectivity index (χ4n) is 4.03. The number of rotatable bonds is 4. The Morgan fingerprint density at radius 3 is 2.81 bits per heavy atom. The molecule has 26 heavy (non-hydrogen) atoms. The molecule has 0 amide bonds. The lowest BCUT2D eigenvalue weighted by Gasteiger charge is -2.27. The first-order valence-corrected chi connectivity index (χ1v) is 8.91. The van der Waals surface area contributed by atoms with Gasteiger partial charge in [0.1, 0.15) is 12.1 Å². The average molecular weight is 352 g/mol. The zero-order valence-corrected chi connectivity index (χ0v) is 14.5. The normalized spacial score (nSPS) is 22.9. The lowest BCUT2D eigenvalue weighted by molar-refractivity contribution is 0.404. The molecule has 2 unspecified atom stereocenters. The van der Waals surface area contributed by atoms with Crippen LogP contribution in [-0.4, -0.2) is 40.8 Å². The number of nitrogens with zero attached hydrogens (tertiary/aromatic N) is 7. The Morgan fingerprint density at radius 2 is 2.12 bits per heavy atom. The van der Waals surface area contributed by atoms with Crippen molar-refractivity contribution >= 4 is 5.95 Å². The van der Waals surface area contributed by atoms with E-state index in [1.54, 1.807) is 30.3 Å². The molecule has 1 aliphatic carbocycles. The van der Waals surface area contributed by atoms with Crippen molar-refractivity contribution in [1.82, 2.24) is 34.3 Å². The molecule has 0 aromatic carbocycles. The summed E-state index contributed by atoms with van der Waals surface area (Å²) in [7, 11) is 1.77. The van der Waals surface area contributed by atoms with Gasteiger partial charge in [-0.2, -0.15) is 10.1 Å². The van der Waals surface area contributed by atoms with Crippen LogP contribution in [0.15, 0.2) is 35.8 Å². The molecule has 0 radical (unpaired) electrons. The minimum atomic E-state index is -0.186. The van der Waals surface area contributed by atoms with Gasteiger partial charge in [0.2, 0.25) is 5.95 Å². The monoisotopic (exact) mass is 352 g/mol. The lowest BCUT2D eigenvalue weighted by Crippen LogP contribution is -2.31. The third-order valence-electron chi connectivity index (χ3n) is 5.51. The summed E-state index contributed by atoms with van der Waals surface area (Å²) < 4.78 is 3.47. The summed E-state index contributed by atoms with van der Waals surface area (Å²) in [5.74, 6) is 3.39. The molecule has 5 rings (SSSR count). The Balaban J connectivity index is 1.56. The molecule has 2 atom stereocenters. The van der Waals surface area contributed by atoms with E-state index >= 15 is 0 Å². The standard InChI is InChI=1S/C17H20N8O/c1-23-15(21-22-17(23)26)14-12(11-2-3-11)5-8-25(14)16-19-6-4-13(20-16)24-9-7-18-10-24/h4,6-7,9-12,14H,2-3,5,8H2,1H3,(H,22,26). The van der Waals surface area contributed by atoms with Gasteiger partial charge in [0.15, 0.2) is 5.82 Å². The molecule has 4 heterocycles. The van der Waals surface area contributed by atoms with Gasteiger partial charge >= 0.3 is 5.69 Å². The number of aromatic amines is 1. The van der Waals surface area contributed by atoms with Crippen molar-refractivity contribution in [3.63, 3.8) is 0 Å². The quantitative estimate of drug-likeness (QED) is 0.754. The predicted molar refractivity (Wildman–Crippen MR) is 93.9 cm³/mol. The second kappa shape index (κ2) is 5.79. The summed E-state index contributed by atoms with van der Waals surface area (Å²) in [5.41, 5.74) is -0.186. The molecule has 3 aromatic rings. The molecule has 9 nitrogen and oxygen atoms in total. The van der Waals surface area contributed by atoms with E-state index in [-0.39, 0.29) is 11.7 Å². The average Bonchev–Trinajstić information content (AvgIpc) is 3.07. The largest absolute Gasteiger partial charge is 0.343 e. The third kappa shape index (κ3) is 2.42. The fourth-order valence-corrected chi connectivity index (χ4v) is 4.03. The molecule has 9 heteroatoms. The highest BCUT2D eigenvalue weighted by atomic mass is 16.1. The van der Waals surface area contributed by atoms with E-state index in [9.17, 15) is 4.79 Å². The van der Waals surface area contributed by atoms with E-state index in [1.165, 1.54) is 12.8 Å². The number of hydrogen-bond donors (Lipinski definition) is 1. The van der Waals surface area contributed by atoms with Gasteiger partial charge in [0.25, 0.3) is 0 Å². The van der Waals surface area contributed by atoms with Crippen LogP contribution in [0.1, 0.15) is 31.1 Å². The van der Waals surface area contributed by atoms with Gasteiger partial charge in [-0.1, -0.05) is 0 Å². The molecule has 1 N–H and O–H groups in total. The number of aromatic nitrogens is 7. The zero-order valence-electron chi connectivity index (χ0n) is 14.5. The maximum absolute atomic E-state index is 11.9. The van der Waals surface area contributed by atoms with Crippen molar-refractivity contribution in [2.45, 2.75) is 25.3 Å². The summed E-state index contributed by atoms with van der Waals surface area (Å²) in [6.07, 6.45) is 10.6. The number of nitrogens with one attached hydrogen (secondary N) is 1. The maximum Gasteiger partial charge on any atom is 0.343 e. The lowest BCUT2D eigenvalue weighted by atomic mass is 9.94. The molecule has 0 bridgehead atoms. The second-order valence-electron chi connectivity index (χ2n) is 7.06. The van der Waals surface area contributed by atoms with Crippen molar-refractivity contribution in [3.05, 3.63) is 47.3 Å². The maximum atomic E-state index is 11.9. The van der Waals surface area contributed by atoms with Crippen LogP contribution in [0.4, 0.5) is 5.95 Å². The zero-order chi connectivity index (χ0) is 17.7. The van der Waals surface area contributed by atoms with E-state index in [2.05, 4.69) is 25.1 Å². The van der Waals surface area contributed by atoms with E-state index < -0.39 is 0 Å². The minimum Gasteiger partial charge on any atom is -0.330 e. The number of imidazole rings is 1. The highest BCUT2D eigenvalue weighted by Crippen LogP contribution is 2.50. The molecule has 134 valence electrons. The Kier molecular flexibility index (Phi) is 3.41. The minimum absolute atomic E-state index is 0.0180. The van der Waals surface area contributed by atoms with Crippen molar-refractivity contribution in [2.24, 2.45) is 18.9 Å². The summed E-state index contributed by atoms with van der Waals surface area (Å²) in [4.78, 5) is 27.5. The molecule has 2 fully saturated rings. The van der Waals surface area contributed by atoms with Gasteiger partial charge in [0.05, 0.1) is 6.04 Å². The van der Waals surface area contributed by atoms with Crippen LogP contribution >= 0.6 is 0 Å². The van der Waals surface area contributed by atoms with E-state index in [0.29, 0.717) is 17.8 Å². The summed E-state index contributed by atoms with van der Waals surface area (Å²) >= 11 is 0. The van der Waals surface area contributed by atoms with Gasteiger partial charge in [-0.3, -0.25) is 9.13 Å². The summed E-state index contributed by atoms with van der Waals surface area (Å²) in [6, 6.07) is 1.88. The molecule has 3 aromatic heterocycles. The number of anilines is 1. The van der Waals surface area contributed by atoms with E-state index in [0.717, 1.165) is 24.6 Å². The third-order valence-corrected chi connectivity index (χ3v) is 5.51. The molecule has 0 spiro atoms. The molecule has 2 aliphatic rings. The fraction of sp³-hybridized carbons (Fsp3) is 0.471. The first kappa shape index (κ1) is 15.3. The van der Waals surface area contributed by atoms with Gasteiger partial charge in [-0.15, -0.1) is 0 Å². The smallest absolute Gasteiger partial charge is 0.330 e. The van der Waals surface area contributed by atoms with Crippen LogP contribution in [0.3, 0.4) is 0 Å². The van der Waals surface area contributed by atoms with Crippen LogP contribution < -0.4 is 10.6 Å². The molecular weight excluding hydrogens is 332 g/mol. The van der Waals surface area contributed by atoms with Gasteiger partial charge < -0.3 is 4.90 Å². The highest BCUT2D eigenvalue weighted by molar-refractivity contribution is 5.40. The SMILES string of the molecule is Cn1c(C2C(C3CC3)CCN2c2nccc(-n3ccnc3)n2)n[nH]c1=O. The van der Waals surface area contributed by atoms with Crippen LogP contribution in [0.2, 0.25) is 0 Å². The Hall–Kier alpha value is -2.97. The molecule has 1 saturated heterocycles. The van der Waals surface area contributed by atoms with Crippen molar-refractivity contribution in [2.75, 3.05) is 11.4 Å². The first-order chi connectivity index (χ1) is 12.7. The number of H-pyrrole nitrogens is 1. The van der Waals surface area contributed by atoms with E-state index in [1.807, 2.05) is 16.8 Å². The van der Waals surface area contributed by atoms with Crippen molar-refractivity contribution in [1.29, 1.82) is 0 Å². The molecule has 1 saturated carbocycles. The Bertz CT molecular complexity index is 971. The summed E-state index contributed by atoms with van der Waals surface area (Å²) in [6.45, 7) is 0.861. The van der Waals surface area contributed by atoms with Crippen molar-refractivity contribution in [3.8, 4) is 5.82 Å². The van der Waals surface area contributed by atoms with E-state index in [4.69, 9.17) is 4.98 Å². The Morgan fingerprint density at radius 1 is 1.23 bits per heavy atom. The van der Waals surface area contributed by atoms with Gasteiger partial charge in [0, 0.05) is 32.2 Å². The molecule has 1 aliphatic heterocycles. The highest BCUT2D eigenvalue weighted by Gasteiger charge is 2.46. The molecular formula is C17H20N8O. The van der Waals surface area contributed by atoms with Crippen LogP contribution in [0.25, 0.3) is 5.82 Å². The van der Waals surface area contributed by atoms with Gasteiger partial charge in [-0.25, -0.2) is 19.9 Å². The number of hydrogen-bond acceptors (Lipinski definition) is 6. The van der Waals surface area contributed by atoms with Crippen LogP contribution in [0, 0.1) is 11.8 Å². The van der Waals surface area contributed by atoms with Crippen molar-refractivity contribution < 1.29 is 0 Å². The van der Waals surface area contributed by atoms with Crippen LogP contribution in [-0.2, 0) is 7.05 Å². The van der Waals surface area contributed by atoms with Crippen LogP contribution in [0.5, 0.6) is 0 Å². The first-order valence-electron chi connectivity index (χ1n) is 8.91. The topological polar surface area (TPSA) is 97.5 Å². The summed E-state index contributed by atoms with van der Waals surface area (Å²) in [5, 5.41) is 6.90. The second-order valence-corrected chi connectivity index (χ2v) is 7.06.